The van der Waals surface area contributed by atoms with Gasteiger partial charge < -0.3 is 14.9 Å². The molecule has 0 saturated carbocycles. The summed E-state index contributed by atoms with van der Waals surface area (Å²) in [5.41, 5.74) is 1.05. The maximum Gasteiger partial charge on any atom is 0.206 e. The van der Waals surface area contributed by atoms with E-state index in [-0.39, 0.29) is 11.2 Å². The standard InChI is InChI=1S/C12H10Cl4N2O3/c13-3-8-9(19)10(20)11(21-8)18-7-2-5(15)4(14)1-6(7)17-12(18)16/h1-2,8-11,19-20H,3H2/t8-,9-,10-,11-/m1/s1. The van der Waals surface area contributed by atoms with Crippen LogP contribution in [0.3, 0.4) is 0 Å². The molecule has 3 rings (SSSR count). The van der Waals surface area contributed by atoms with Crippen LogP contribution in [0.4, 0.5) is 0 Å². The minimum absolute atomic E-state index is 0.0472. The van der Waals surface area contributed by atoms with E-state index < -0.39 is 24.5 Å². The first-order chi connectivity index (χ1) is 9.93. The van der Waals surface area contributed by atoms with Crippen molar-refractivity contribution >= 4 is 57.4 Å². The summed E-state index contributed by atoms with van der Waals surface area (Å²) >= 11 is 23.8. The first-order valence-corrected chi connectivity index (χ1v) is 7.71. The lowest BCUT2D eigenvalue weighted by Gasteiger charge is -2.18. The Morgan fingerprint density at radius 2 is 1.81 bits per heavy atom. The van der Waals surface area contributed by atoms with Crippen LogP contribution in [-0.4, -0.2) is 44.0 Å². The highest BCUT2D eigenvalue weighted by atomic mass is 35.5. The third-order valence-corrected chi connectivity index (χ3v) is 4.73. The molecule has 21 heavy (non-hydrogen) atoms. The Balaban J connectivity index is 2.12. The molecule has 2 heterocycles. The van der Waals surface area contributed by atoms with Gasteiger partial charge in [0.15, 0.2) is 6.23 Å². The zero-order valence-corrected chi connectivity index (χ0v) is 13.4. The highest BCUT2D eigenvalue weighted by Crippen LogP contribution is 2.37. The van der Waals surface area contributed by atoms with Crippen molar-refractivity contribution in [2.75, 3.05) is 5.88 Å². The van der Waals surface area contributed by atoms with Gasteiger partial charge in [0, 0.05) is 0 Å². The van der Waals surface area contributed by atoms with Gasteiger partial charge in [0.2, 0.25) is 5.28 Å². The molecule has 114 valence electrons. The Morgan fingerprint density at radius 1 is 1.14 bits per heavy atom. The first kappa shape index (κ1) is 15.6. The Morgan fingerprint density at radius 3 is 2.43 bits per heavy atom. The largest absolute Gasteiger partial charge is 0.387 e. The predicted molar refractivity (Wildman–Crippen MR) is 81.4 cm³/mol. The second-order valence-corrected chi connectivity index (χ2v) is 6.17. The third-order valence-electron chi connectivity index (χ3n) is 3.43. The molecule has 0 spiro atoms. The maximum atomic E-state index is 10.1. The topological polar surface area (TPSA) is 67.5 Å². The quantitative estimate of drug-likeness (QED) is 0.796. The number of hydrogen-bond donors (Lipinski definition) is 2. The summed E-state index contributed by atoms with van der Waals surface area (Å²) < 4.78 is 7.03. The normalized spacial score (nSPS) is 29.4. The Hall–Kier alpha value is -0.270. The van der Waals surface area contributed by atoms with Crippen molar-refractivity contribution in [3.05, 3.63) is 27.5 Å². The lowest BCUT2D eigenvalue weighted by Crippen LogP contribution is -2.32. The second kappa shape index (κ2) is 5.74. The fourth-order valence-electron chi connectivity index (χ4n) is 2.37. The van der Waals surface area contributed by atoms with Gasteiger partial charge in [0.1, 0.15) is 18.3 Å². The Kier molecular flexibility index (Phi) is 4.27. The van der Waals surface area contributed by atoms with Gasteiger partial charge in [-0.2, -0.15) is 0 Å². The average molecular weight is 372 g/mol. The number of aliphatic hydroxyl groups excluding tert-OH is 2. The van der Waals surface area contributed by atoms with Crippen LogP contribution >= 0.6 is 46.4 Å². The van der Waals surface area contributed by atoms with Crippen LogP contribution in [0.15, 0.2) is 12.1 Å². The molecule has 1 saturated heterocycles. The van der Waals surface area contributed by atoms with E-state index in [1.165, 1.54) is 4.57 Å². The average Bonchev–Trinajstić information content (AvgIpc) is 2.89. The van der Waals surface area contributed by atoms with Crippen molar-refractivity contribution in [3.8, 4) is 0 Å². The summed E-state index contributed by atoms with van der Waals surface area (Å²) in [5, 5.41) is 20.8. The van der Waals surface area contributed by atoms with E-state index in [1.807, 2.05) is 0 Å². The Bertz CT molecular complexity index is 693. The van der Waals surface area contributed by atoms with Crippen molar-refractivity contribution in [2.45, 2.75) is 24.5 Å². The van der Waals surface area contributed by atoms with Gasteiger partial charge in [-0.3, -0.25) is 4.57 Å². The highest BCUT2D eigenvalue weighted by Gasteiger charge is 2.44. The van der Waals surface area contributed by atoms with Gasteiger partial charge in [0.05, 0.1) is 27.0 Å². The van der Waals surface area contributed by atoms with E-state index in [9.17, 15) is 10.2 Å². The molecule has 1 aromatic heterocycles. The van der Waals surface area contributed by atoms with Gasteiger partial charge in [0.25, 0.3) is 0 Å². The highest BCUT2D eigenvalue weighted by molar-refractivity contribution is 6.42. The Labute approximate surface area is 139 Å². The van der Waals surface area contributed by atoms with Crippen molar-refractivity contribution in [1.29, 1.82) is 0 Å². The van der Waals surface area contributed by atoms with Gasteiger partial charge in [-0.25, -0.2) is 4.98 Å². The van der Waals surface area contributed by atoms with Gasteiger partial charge in [-0.05, 0) is 23.7 Å². The van der Waals surface area contributed by atoms with E-state index in [2.05, 4.69) is 4.98 Å². The van der Waals surface area contributed by atoms with E-state index in [4.69, 9.17) is 51.1 Å². The van der Waals surface area contributed by atoms with Crippen molar-refractivity contribution in [2.24, 2.45) is 0 Å². The van der Waals surface area contributed by atoms with Crippen LogP contribution in [0.25, 0.3) is 11.0 Å². The van der Waals surface area contributed by atoms with E-state index >= 15 is 0 Å². The summed E-state index contributed by atoms with van der Waals surface area (Å²) in [6.07, 6.45) is -3.89. The summed E-state index contributed by atoms with van der Waals surface area (Å²) in [6, 6.07) is 3.15. The monoisotopic (exact) mass is 370 g/mol. The van der Waals surface area contributed by atoms with Crippen LogP contribution in [0.1, 0.15) is 6.23 Å². The number of aromatic nitrogens is 2. The van der Waals surface area contributed by atoms with Crippen LogP contribution in [-0.2, 0) is 4.74 Å². The zero-order valence-electron chi connectivity index (χ0n) is 10.4. The number of rotatable bonds is 2. The van der Waals surface area contributed by atoms with E-state index in [1.54, 1.807) is 12.1 Å². The molecular weight excluding hydrogens is 362 g/mol. The molecule has 9 heteroatoms. The molecular formula is C12H10Cl4N2O3. The number of aliphatic hydroxyl groups is 2. The SMILES string of the molecule is O[C@@H]1[C@H](O)[C@@H](CCl)O[C@H]1n1c(Cl)nc2cc(Cl)c(Cl)cc21. The van der Waals surface area contributed by atoms with Crippen LogP contribution < -0.4 is 0 Å². The molecule has 0 radical (unpaired) electrons. The molecule has 0 bridgehead atoms. The zero-order chi connectivity index (χ0) is 15.3. The lowest BCUT2D eigenvalue weighted by atomic mass is 10.1. The van der Waals surface area contributed by atoms with Gasteiger partial charge >= 0.3 is 0 Å². The smallest absolute Gasteiger partial charge is 0.206 e. The number of alkyl halides is 1. The molecule has 1 aromatic carbocycles. The molecule has 4 atom stereocenters. The number of halogens is 4. The third kappa shape index (κ3) is 2.51. The van der Waals surface area contributed by atoms with E-state index in [0.717, 1.165) is 0 Å². The number of nitrogens with zero attached hydrogens (tertiary/aromatic N) is 2. The summed E-state index contributed by atoms with van der Waals surface area (Å²) in [7, 11) is 0. The predicted octanol–water partition coefficient (Wildman–Crippen LogP) is 2.85. The summed E-state index contributed by atoms with van der Waals surface area (Å²) in [6.45, 7) is 0. The van der Waals surface area contributed by atoms with Gasteiger partial charge in [-0.15, -0.1) is 11.6 Å². The maximum absolute atomic E-state index is 10.1. The van der Waals surface area contributed by atoms with Gasteiger partial charge in [-0.1, -0.05) is 23.2 Å². The fourth-order valence-corrected chi connectivity index (χ4v) is 3.22. The number of benzene rings is 1. The second-order valence-electron chi connectivity index (χ2n) is 4.71. The minimum Gasteiger partial charge on any atom is -0.387 e. The molecule has 2 N–H and O–H groups in total. The summed E-state index contributed by atoms with van der Waals surface area (Å²) in [4.78, 5) is 4.15. The van der Waals surface area contributed by atoms with E-state index in [0.29, 0.717) is 21.1 Å². The molecule has 5 nitrogen and oxygen atoms in total. The van der Waals surface area contributed by atoms with Crippen LogP contribution in [0.5, 0.6) is 0 Å². The molecule has 0 aliphatic carbocycles. The molecule has 2 aromatic rings. The van der Waals surface area contributed by atoms with Crippen molar-refractivity contribution in [3.63, 3.8) is 0 Å². The van der Waals surface area contributed by atoms with Crippen LogP contribution in [0.2, 0.25) is 15.3 Å². The minimum atomic E-state index is -1.18. The summed E-state index contributed by atoms with van der Waals surface area (Å²) in [5.74, 6) is 0.0472. The molecule has 1 fully saturated rings. The number of hydrogen-bond acceptors (Lipinski definition) is 4. The molecule has 0 amide bonds. The molecule has 0 unspecified atom stereocenters. The first-order valence-electron chi connectivity index (χ1n) is 6.04. The van der Waals surface area contributed by atoms with Crippen molar-refractivity contribution in [1.82, 2.24) is 9.55 Å². The number of imidazole rings is 1. The molecule has 1 aliphatic rings. The number of ether oxygens (including phenoxy) is 1. The number of fused-ring (bicyclic) bond motifs is 1. The van der Waals surface area contributed by atoms with Crippen molar-refractivity contribution < 1.29 is 14.9 Å². The molecule has 1 aliphatic heterocycles. The van der Waals surface area contributed by atoms with Crippen LogP contribution in [0, 0.1) is 0 Å². The fraction of sp³-hybridized carbons (Fsp3) is 0.417. The lowest BCUT2D eigenvalue weighted by molar-refractivity contribution is -0.0286.